The minimum absolute atomic E-state index is 0.000252. The van der Waals surface area contributed by atoms with Crippen molar-refractivity contribution in [2.24, 2.45) is 0 Å². The zero-order valence-corrected chi connectivity index (χ0v) is 11.7. The summed E-state index contributed by atoms with van der Waals surface area (Å²) in [4.78, 5) is 7.98. The molecule has 2 aromatic rings. The number of hydrogen-bond acceptors (Lipinski definition) is 6. The highest BCUT2D eigenvalue weighted by Gasteiger charge is 2.18. The van der Waals surface area contributed by atoms with E-state index in [9.17, 15) is 8.42 Å². The Morgan fingerprint density at radius 1 is 1.30 bits per heavy atom. The van der Waals surface area contributed by atoms with Gasteiger partial charge in [-0.05, 0) is 24.3 Å². The highest BCUT2D eigenvalue weighted by molar-refractivity contribution is 7.92. The van der Waals surface area contributed by atoms with Crippen molar-refractivity contribution in [1.29, 1.82) is 0 Å². The van der Waals surface area contributed by atoms with E-state index in [-0.39, 0.29) is 22.3 Å². The van der Waals surface area contributed by atoms with E-state index < -0.39 is 10.0 Å². The van der Waals surface area contributed by atoms with Crippen LogP contribution in [0.15, 0.2) is 35.4 Å². The Morgan fingerprint density at radius 2 is 1.95 bits per heavy atom. The lowest BCUT2D eigenvalue weighted by Crippen LogP contribution is -2.18. The van der Waals surface area contributed by atoms with Gasteiger partial charge >= 0.3 is 0 Å². The van der Waals surface area contributed by atoms with E-state index in [0.717, 1.165) is 0 Å². The van der Waals surface area contributed by atoms with Crippen LogP contribution >= 0.6 is 0 Å². The van der Waals surface area contributed by atoms with Gasteiger partial charge in [0.25, 0.3) is 15.9 Å². The van der Waals surface area contributed by atoms with E-state index in [0.29, 0.717) is 5.59 Å². The fourth-order valence-electron chi connectivity index (χ4n) is 1.48. The fraction of sp³-hybridized carbons (Fsp3) is 0.0909. The van der Waals surface area contributed by atoms with Gasteiger partial charge in [0.1, 0.15) is 5.75 Å². The van der Waals surface area contributed by atoms with Crippen LogP contribution in [-0.2, 0) is 10.0 Å². The molecule has 9 heteroatoms. The van der Waals surface area contributed by atoms with Crippen LogP contribution in [0.25, 0.3) is 0 Å². The number of ether oxygens (including phenoxy) is 1. The number of methoxy groups -OCH3 is 1. The highest BCUT2D eigenvalue weighted by Crippen LogP contribution is 2.21. The summed E-state index contributed by atoms with van der Waals surface area (Å²) in [5, 5.41) is 9.17. The van der Waals surface area contributed by atoms with Crippen molar-refractivity contribution < 1.29 is 18.3 Å². The van der Waals surface area contributed by atoms with Gasteiger partial charge in [-0.2, -0.15) is 0 Å². The van der Waals surface area contributed by atoms with E-state index in [2.05, 4.69) is 14.7 Å². The van der Waals surface area contributed by atoms with Gasteiger partial charge in [0.15, 0.2) is 7.85 Å². The molecule has 20 heavy (non-hydrogen) atoms. The molecule has 1 aromatic heterocycles. The zero-order chi connectivity index (χ0) is 14.8. The van der Waals surface area contributed by atoms with Gasteiger partial charge in [0.2, 0.25) is 5.82 Å². The molecule has 0 saturated heterocycles. The second kappa shape index (κ2) is 5.37. The first-order valence-corrected chi connectivity index (χ1v) is 7.10. The molecule has 104 valence electrons. The summed E-state index contributed by atoms with van der Waals surface area (Å²) in [6.45, 7) is 0. The molecular formula is C11H12BN3O4S. The smallest absolute Gasteiger partial charge is 0.263 e. The van der Waals surface area contributed by atoms with Crippen LogP contribution in [0.5, 0.6) is 11.6 Å². The Balaban J connectivity index is 2.35. The number of rotatable bonds is 4. The van der Waals surface area contributed by atoms with E-state index in [1.807, 2.05) is 0 Å². The van der Waals surface area contributed by atoms with Crippen molar-refractivity contribution in [2.45, 2.75) is 4.90 Å². The average molecular weight is 293 g/mol. The number of sulfonamides is 1. The number of phenols is 1. The quantitative estimate of drug-likeness (QED) is 0.719. The normalized spacial score (nSPS) is 11.1. The molecule has 0 saturated carbocycles. The molecule has 0 aliphatic heterocycles. The van der Waals surface area contributed by atoms with Crippen LogP contribution in [0, 0.1) is 0 Å². The summed E-state index contributed by atoms with van der Waals surface area (Å²) in [6, 6.07) is 5.14. The molecule has 0 bridgehead atoms. The second-order valence-corrected chi connectivity index (χ2v) is 5.65. The number of aromatic nitrogens is 2. The summed E-state index contributed by atoms with van der Waals surface area (Å²) < 4.78 is 31.6. The molecule has 1 aromatic carbocycles. The third-order valence-corrected chi connectivity index (χ3v) is 3.79. The van der Waals surface area contributed by atoms with Crippen LogP contribution in [-0.4, -0.2) is 38.4 Å². The lowest BCUT2D eigenvalue weighted by atomic mass is 10.1. The Hall–Kier alpha value is -2.29. The third-order valence-electron chi connectivity index (χ3n) is 2.43. The van der Waals surface area contributed by atoms with Gasteiger partial charge < -0.3 is 9.84 Å². The SMILES string of the molecule is Bc1cnc(NS(=O)(=O)c2ccc(O)cc2)c(OC)n1. The number of nitrogens with zero attached hydrogens (tertiary/aromatic N) is 2. The van der Waals surface area contributed by atoms with Crippen LogP contribution in [0.1, 0.15) is 0 Å². The molecule has 2 N–H and O–H groups in total. The monoisotopic (exact) mass is 293 g/mol. The first-order chi connectivity index (χ1) is 9.42. The predicted octanol–water partition coefficient (Wildman–Crippen LogP) is -0.750. The largest absolute Gasteiger partial charge is 0.508 e. The van der Waals surface area contributed by atoms with E-state index in [1.165, 1.54) is 37.6 Å². The molecule has 0 spiro atoms. The molecule has 0 radical (unpaired) electrons. The maximum atomic E-state index is 12.1. The maximum Gasteiger partial charge on any atom is 0.263 e. The molecular weight excluding hydrogens is 281 g/mol. The lowest BCUT2D eigenvalue weighted by molar-refractivity contribution is 0.399. The molecule has 7 nitrogen and oxygen atoms in total. The maximum absolute atomic E-state index is 12.1. The number of nitrogens with one attached hydrogen (secondary N) is 1. The first kappa shape index (κ1) is 14.1. The van der Waals surface area contributed by atoms with E-state index >= 15 is 0 Å². The Labute approximate surface area is 117 Å². The average Bonchev–Trinajstić information content (AvgIpc) is 2.41. The second-order valence-electron chi connectivity index (χ2n) is 3.97. The van der Waals surface area contributed by atoms with E-state index in [4.69, 9.17) is 9.84 Å². The van der Waals surface area contributed by atoms with Crippen molar-refractivity contribution in [3.05, 3.63) is 30.5 Å². The molecule has 1 heterocycles. The highest BCUT2D eigenvalue weighted by atomic mass is 32.2. The molecule has 0 fully saturated rings. The van der Waals surface area contributed by atoms with Crippen LogP contribution in [0.2, 0.25) is 0 Å². The van der Waals surface area contributed by atoms with Gasteiger partial charge in [0, 0.05) is 11.8 Å². The topological polar surface area (TPSA) is 101 Å². The van der Waals surface area contributed by atoms with Crippen molar-refractivity contribution in [1.82, 2.24) is 9.97 Å². The van der Waals surface area contributed by atoms with Crippen molar-refractivity contribution >= 4 is 29.3 Å². The van der Waals surface area contributed by atoms with Gasteiger partial charge in [-0.15, -0.1) is 0 Å². The third kappa shape index (κ3) is 2.99. The number of phenolic OH excluding ortho intramolecular Hbond substituents is 1. The van der Waals surface area contributed by atoms with E-state index in [1.54, 1.807) is 7.85 Å². The fourth-order valence-corrected chi connectivity index (χ4v) is 2.49. The number of benzene rings is 1. The minimum atomic E-state index is -3.82. The molecule has 2 rings (SSSR count). The first-order valence-electron chi connectivity index (χ1n) is 5.62. The van der Waals surface area contributed by atoms with Gasteiger partial charge in [-0.1, -0.05) is 0 Å². The number of hydrogen-bond donors (Lipinski definition) is 2. The van der Waals surface area contributed by atoms with Crippen LogP contribution in [0.4, 0.5) is 5.82 Å². The summed E-state index contributed by atoms with van der Waals surface area (Å²) in [5.74, 6) is 0.0789. The Bertz CT molecular complexity index is 719. The molecule has 0 aliphatic carbocycles. The molecule has 0 aliphatic rings. The standard InChI is InChI=1S/C11H12BN3O4S/c1-19-11-10(13-6-9(12)14-11)15-20(17,18)8-4-2-7(16)3-5-8/h2-6,16H,12H2,1H3,(H,13,15). The molecule has 0 atom stereocenters. The van der Waals surface area contributed by atoms with Crippen molar-refractivity contribution in [2.75, 3.05) is 11.8 Å². The summed E-state index contributed by atoms with van der Waals surface area (Å²) in [7, 11) is -0.726. The van der Waals surface area contributed by atoms with Gasteiger partial charge in [-0.25, -0.2) is 18.4 Å². The Morgan fingerprint density at radius 3 is 2.55 bits per heavy atom. The molecule has 0 amide bonds. The minimum Gasteiger partial charge on any atom is -0.508 e. The lowest BCUT2D eigenvalue weighted by Gasteiger charge is -2.10. The van der Waals surface area contributed by atoms with Crippen molar-refractivity contribution in [3.63, 3.8) is 0 Å². The van der Waals surface area contributed by atoms with Crippen LogP contribution in [0.3, 0.4) is 0 Å². The van der Waals surface area contributed by atoms with Crippen LogP contribution < -0.4 is 15.1 Å². The summed E-state index contributed by atoms with van der Waals surface area (Å²) in [6.07, 6.45) is 1.43. The zero-order valence-electron chi connectivity index (χ0n) is 10.9. The summed E-state index contributed by atoms with van der Waals surface area (Å²) in [5.41, 5.74) is 0.606. The number of aromatic hydroxyl groups is 1. The summed E-state index contributed by atoms with van der Waals surface area (Å²) >= 11 is 0. The predicted molar refractivity (Wildman–Crippen MR) is 75.7 cm³/mol. The van der Waals surface area contributed by atoms with Gasteiger partial charge in [-0.3, -0.25) is 4.72 Å². The number of anilines is 1. The molecule has 0 unspecified atom stereocenters. The van der Waals surface area contributed by atoms with Crippen molar-refractivity contribution in [3.8, 4) is 11.6 Å². The van der Waals surface area contributed by atoms with Gasteiger partial charge in [0.05, 0.1) is 12.0 Å². The Kier molecular flexibility index (Phi) is 3.80.